The molecule has 4 fully saturated rings. The van der Waals surface area contributed by atoms with Gasteiger partial charge in [0.25, 0.3) is 0 Å². The largest absolute Gasteiger partial charge is 0.481 e. The minimum Gasteiger partial charge on any atom is -0.481 e. The molecule has 2 aromatic heterocycles. The molecule has 4 saturated heterocycles. The number of halogens is 3. The number of carbonyl (C=O) groups is 6. The number of urea groups is 2. The number of benzene rings is 4. The normalized spacial score (nSPS) is 20.2. The Kier molecular flexibility index (Phi) is 18.9. The van der Waals surface area contributed by atoms with Crippen LogP contribution in [-0.4, -0.2) is 179 Å². The average Bonchev–Trinajstić information content (AvgIpc) is 3.03. The van der Waals surface area contributed by atoms with E-state index < -0.39 is 47.6 Å². The SMILES string of the molecule is COC(=O)C1=C(CN2CCN3C(=O)N(c4ccc(CCC(=O)O)cc4)C[C@@H]3C2)NC(c2nccs2)=N[C@H]1c1ccc(F)c(F)c1.COC(=O)C1=C(CN2CCN3C(=O)N(c4ccc(CCC(=O)O)cc4)C[C@@H]3C2)NC(c2nccs2)=N[C@H]1c1ccccc1Cl. The van der Waals surface area contributed by atoms with Crippen LogP contribution in [0.25, 0.3) is 0 Å². The Balaban J connectivity index is 0.000000184. The van der Waals surface area contributed by atoms with Gasteiger partial charge in [-0.25, -0.2) is 37.9 Å². The van der Waals surface area contributed by atoms with E-state index in [2.05, 4.69) is 30.4 Å². The van der Waals surface area contributed by atoms with Crippen molar-refractivity contribution in [1.29, 1.82) is 0 Å². The van der Waals surface area contributed by atoms with Crippen molar-refractivity contribution in [3.63, 3.8) is 0 Å². The number of aromatic nitrogens is 2. The number of amides is 4. The molecule has 4 N–H and O–H groups in total. The third-order valence-electron chi connectivity index (χ3n) is 16.2. The maximum Gasteiger partial charge on any atom is 0.338 e. The van der Waals surface area contributed by atoms with Crippen LogP contribution in [0.5, 0.6) is 0 Å². The number of nitrogens with one attached hydrogen (secondary N) is 2. The Hall–Kier alpha value is -8.95. The number of rotatable bonds is 18. The molecule has 0 aliphatic carbocycles. The zero-order chi connectivity index (χ0) is 62.5. The minimum atomic E-state index is -1.05. The molecule has 4 amide bonds. The highest BCUT2D eigenvalue weighted by molar-refractivity contribution is 7.12. The van der Waals surface area contributed by atoms with Gasteiger partial charge in [0.15, 0.2) is 33.3 Å². The second-order valence-corrected chi connectivity index (χ2v) is 23.9. The Morgan fingerprint density at radius 2 is 1.09 bits per heavy atom. The molecule has 8 heterocycles. The van der Waals surface area contributed by atoms with E-state index in [0.717, 1.165) is 34.6 Å². The fourth-order valence-electron chi connectivity index (χ4n) is 11.8. The first-order valence-corrected chi connectivity index (χ1v) is 30.7. The molecule has 6 aliphatic heterocycles. The summed E-state index contributed by atoms with van der Waals surface area (Å²) in [6.45, 7) is 4.97. The van der Waals surface area contributed by atoms with Crippen molar-refractivity contribution in [2.75, 3.05) is 89.5 Å². The van der Waals surface area contributed by atoms with Crippen LogP contribution < -0.4 is 20.4 Å². The van der Waals surface area contributed by atoms with Gasteiger partial charge < -0.3 is 40.1 Å². The van der Waals surface area contributed by atoms with E-state index in [9.17, 15) is 37.5 Å². The van der Waals surface area contributed by atoms with E-state index in [1.165, 1.54) is 43.0 Å². The summed E-state index contributed by atoms with van der Waals surface area (Å²) in [6.07, 6.45) is 4.29. The van der Waals surface area contributed by atoms with Crippen molar-refractivity contribution in [3.05, 3.63) is 186 Å². The molecule has 0 bridgehead atoms. The van der Waals surface area contributed by atoms with Crippen molar-refractivity contribution in [3.8, 4) is 0 Å². The number of methoxy groups -OCH3 is 2. The number of amidine groups is 2. The van der Waals surface area contributed by atoms with Gasteiger partial charge in [-0.1, -0.05) is 60.1 Å². The zero-order valence-corrected chi connectivity index (χ0v) is 50.7. The average molecular weight is 1270 g/mol. The molecular formula is C62H61ClF2N12O10S2. The van der Waals surface area contributed by atoms with Crippen LogP contribution in [-0.2, 0) is 41.5 Å². The quantitative estimate of drug-likeness (QED) is 0.0606. The first-order valence-electron chi connectivity index (χ1n) is 28.6. The number of carboxylic acids is 2. The van der Waals surface area contributed by atoms with Crippen LogP contribution in [0.3, 0.4) is 0 Å². The van der Waals surface area contributed by atoms with Gasteiger partial charge in [0, 0.05) is 135 Å². The molecule has 12 rings (SSSR count). The summed E-state index contributed by atoms with van der Waals surface area (Å²) in [4.78, 5) is 105. The highest BCUT2D eigenvalue weighted by Crippen LogP contribution is 2.38. The summed E-state index contributed by atoms with van der Waals surface area (Å²) in [7, 11) is 2.61. The molecule has 22 nitrogen and oxygen atoms in total. The van der Waals surface area contributed by atoms with Crippen molar-refractivity contribution < 1.29 is 57.2 Å². The third kappa shape index (κ3) is 13.7. The van der Waals surface area contributed by atoms with Crippen LogP contribution in [0.1, 0.15) is 57.2 Å². The predicted octanol–water partition coefficient (Wildman–Crippen LogP) is 7.54. The van der Waals surface area contributed by atoms with Gasteiger partial charge in [0.1, 0.15) is 12.1 Å². The molecule has 4 aromatic carbocycles. The summed E-state index contributed by atoms with van der Waals surface area (Å²) < 4.78 is 38.5. The van der Waals surface area contributed by atoms with Crippen LogP contribution in [0.15, 0.2) is 147 Å². The Labute approximate surface area is 523 Å². The van der Waals surface area contributed by atoms with E-state index in [1.807, 2.05) is 81.9 Å². The molecule has 6 aromatic rings. The second kappa shape index (κ2) is 27.2. The lowest BCUT2D eigenvalue weighted by Crippen LogP contribution is -2.53. The van der Waals surface area contributed by atoms with Crippen molar-refractivity contribution in [1.82, 2.24) is 40.2 Å². The molecule has 89 heavy (non-hydrogen) atoms. The monoisotopic (exact) mass is 1270 g/mol. The van der Waals surface area contributed by atoms with Crippen LogP contribution in [0.2, 0.25) is 5.02 Å². The molecule has 0 radical (unpaired) electrons. The number of aliphatic imine (C=N–C) groups is 2. The summed E-state index contributed by atoms with van der Waals surface area (Å²) >= 11 is 9.39. The smallest absolute Gasteiger partial charge is 0.338 e. The highest BCUT2D eigenvalue weighted by Gasteiger charge is 2.44. The maximum atomic E-state index is 14.3. The Morgan fingerprint density at radius 3 is 1.53 bits per heavy atom. The number of fused-ring (bicyclic) bond motifs is 2. The number of thiazole rings is 2. The Morgan fingerprint density at radius 1 is 0.618 bits per heavy atom. The van der Waals surface area contributed by atoms with Crippen molar-refractivity contribution in [2.24, 2.45) is 9.98 Å². The molecule has 0 spiro atoms. The fraction of sp³-hybridized carbons (Fsp3) is 0.323. The molecule has 6 aliphatic rings. The van der Waals surface area contributed by atoms with Crippen LogP contribution in [0.4, 0.5) is 29.7 Å². The standard InChI is InChI=1S/C31H31ClN6O5S.C31H30F2N6O5S/c1-43-30(41)26-24(34-28(29-33-12-15-44-29)35-27(26)22-4-2-3-5-23(22)32)18-36-13-14-37-21(16-36)17-38(31(37)42)20-9-6-19(7-10-20)8-11-25(39)40;1-44-30(42)26-24(35-28(29-34-10-13-45-29)36-27(26)19-5-8-22(32)23(33)14-19)17-37-11-12-38-21(15-37)16-39(31(38)43)20-6-2-18(3-7-20)4-9-25(40)41/h2-7,9-10,12,15,21,27H,8,11,13-14,16-18H2,1H3,(H,34,35)(H,39,40);2-3,5-8,10,13-14,21,27H,4,9,11-12,15-17H2,1H3,(H,35,36)(H,40,41)/t2*21-,27-/m00/s1. The third-order valence-corrected chi connectivity index (χ3v) is 18.1. The van der Waals surface area contributed by atoms with Gasteiger partial charge in [-0.05, 0) is 72.0 Å². The summed E-state index contributed by atoms with van der Waals surface area (Å²) in [5, 5.41) is 30.0. The van der Waals surface area contributed by atoms with Gasteiger partial charge >= 0.3 is 35.9 Å². The summed E-state index contributed by atoms with van der Waals surface area (Å²) in [5.74, 6) is -3.95. The zero-order valence-electron chi connectivity index (χ0n) is 48.3. The number of piperazine rings is 2. The molecule has 4 atom stereocenters. The van der Waals surface area contributed by atoms with Gasteiger partial charge in [-0.3, -0.25) is 39.2 Å². The first kappa shape index (κ1) is 61.7. The van der Waals surface area contributed by atoms with Crippen molar-refractivity contribution >= 4 is 93.3 Å². The van der Waals surface area contributed by atoms with Gasteiger partial charge in [0.2, 0.25) is 0 Å². The van der Waals surface area contributed by atoms with Crippen LogP contribution >= 0.6 is 34.3 Å². The van der Waals surface area contributed by atoms with Crippen molar-refractivity contribution in [2.45, 2.75) is 49.9 Å². The lowest BCUT2D eigenvalue weighted by molar-refractivity contribution is -0.138. The lowest BCUT2D eigenvalue weighted by Gasteiger charge is -2.38. The number of esters is 2. The molecule has 0 unspecified atom stereocenters. The number of anilines is 2. The number of aliphatic carboxylic acids is 2. The second-order valence-electron chi connectivity index (χ2n) is 21.7. The minimum absolute atomic E-state index is 0.0371. The number of carbonyl (C=O) groups excluding carboxylic acids is 4. The molecule has 462 valence electrons. The van der Waals surface area contributed by atoms with Gasteiger partial charge in [-0.15, -0.1) is 22.7 Å². The van der Waals surface area contributed by atoms with Gasteiger partial charge in [-0.2, -0.15) is 0 Å². The number of aryl methyl sites for hydroxylation is 2. The maximum absolute atomic E-state index is 14.3. The van der Waals surface area contributed by atoms with E-state index >= 15 is 0 Å². The number of hydrogen-bond donors (Lipinski definition) is 4. The first-order chi connectivity index (χ1) is 43.0. The number of ether oxygens (including phenoxy) is 2. The predicted molar refractivity (Wildman–Crippen MR) is 329 cm³/mol. The van der Waals surface area contributed by atoms with E-state index in [-0.39, 0.29) is 54.7 Å². The van der Waals surface area contributed by atoms with Crippen LogP contribution in [0, 0.1) is 11.6 Å². The molecular weight excluding hydrogens is 1210 g/mol. The van der Waals surface area contributed by atoms with E-state index in [1.54, 1.807) is 33.6 Å². The number of hydrogen-bond acceptors (Lipinski definition) is 18. The highest BCUT2D eigenvalue weighted by atomic mass is 35.5. The summed E-state index contributed by atoms with van der Waals surface area (Å²) in [6, 6.07) is 23.7. The number of nitrogens with zero attached hydrogens (tertiary/aromatic N) is 10. The topological polar surface area (TPSA) is 255 Å². The lowest BCUT2D eigenvalue weighted by atomic mass is 9.95. The summed E-state index contributed by atoms with van der Waals surface area (Å²) in [5.41, 5.74) is 6.03. The number of carboxylic acid groups (broad SMARTS) is 2. The molecule has 27 heteroatoms. The van der Waals surface area contributed by atoms with Gasteiger partial charge in [0.05, 0.1) is 37.4 Å². The Bertz CT molecular complexity index is 3800. The van der Waals surface area contributed by atoms with E-state index in [0.29, 0.717) is 121 Å². The fourth-order valence-corrected chi connectivity index (χ4v) is 13.2. The van der Waals surface area contributed by atoms with E-state index in [4.69, 9.17) is 41.3 Å². The molecule has 0 saturated carbocycles.